The minimum atomic E-state index is -0.0445. The van der Waals surface area contributed by atoms with Gasteiger partial charge in [-0.2, -0.15) is 4.98 Å². The number of anilines is 1. The molecule has 8 heteroatoms. The first kappa shape index (κ1) is 20.5. The number of nitrogens with one attached hydrogen (secondary N) is 1. The fourth-order valence-electron chi connectivity index (χ4n) is 3.42. The van der Waals surface area contributed by atoms with Crippen LogP contribution in [0.15, 0.2) is 57.5 Å². The van der Waals surface area contributed by atoms with Gasteiger partial charge < -0.3 is 9.84 Å². The Bertz CT molecular complexity index is 975. The maximum atomic E-state index is 12.7. The second kappa shape index (κ2) is 9.36. The molecular weight excluding hydrogens is 547 g/mol. The van der Waals surface area contributed by atoms with Gasteiger partial charge in [-0.1, -0.05) is 21.1 Å². The van der Waals surface area contributed by atoms with E-state index in [1.54, 1.807) is 0 Å². The first-order valence-electron chi connectivity index (χ1n) is 9.44. The molecule has 0 aliphatic carbocycles. The molecule has 0 saturated carbocycles. The van der Waals surface area contributed by atoms with Crippen molar-refractivity contribution in [2.45, 2.75) is 19.4 Å². The highest BCUT2D eigenvalue weighted by molar-refractivity contribution is 14.1. The minimum absolute atomic E-state index is 0.0445. The molecular formula is C21H20BrIN4O2. The van der Waals surface area contributed by atoms with Crippen LogP contribution in [0, 0.1) is 9.49 Å². The Morgan fingerprint density at radius 1 is 1.21 bits per heavy atom. The first-order valence-corrected chi connectivity index (χ1v) is 11.3. The third kappa shape index (κ3) is 5.43. The fraction of sp³-hybridized carbons (Fsp3) is 0.286. The van der Waals surface area contributed by atoms with E-state index in [-0.39, 0.29) is 11.8 Å². The normalized spacial score (nSPS) is 17.2. The van der Waals surface area contributed by atoms with Crippen molar-refractivity contribution in [3.63, 3.8) is 0 Å². The van der Waals surface area contributed by atoms with Gasteiger partial charge in [0.05, 0.1) is 12.5 Å². The molecule has 0 radical (unpaired) electrons. The number of halogens is 2. The molecule has 3 aromatic rings. The van der Waals surface area contributed by atoms with E-state index >= 15 is 0 Å². The second-order valence-electron chi connectivity index (χ2n) is 7.09. The zero-order chi connectivity index (χ0) is 20.2. The van der Waals surface area contributed by atoms with E-state index in [1.165, 1.54) is 0 Å². The SMILES string of the molecule is O=C(Nc1ccc(I)cc1)C1CCCN(Cc2nc(-c3ccc(Br)cc3)no2)C1. The van der Waals surface area contributed by atoms with Crippen molar-refractivity contribution in [2.75, 3.05) is 18.4 Å². The van der Waals surface area contributed by atoms with Crippen LogP contribution in [-0.2, 0) is 11.3 Å². The van der Waals surface area contributed by atoms with Crippen molar-refractivity contribution in [2.24, 2.45) is 5.92 Å². The molecule has 2 heterocycles. The topological polar surface area (TPSA) is 71.3 Å². The maximum Gasteiger partial charge on any atom is 0.241 e. The average Bonchev–Trinajstić information content (AvgIpc) is 3.19. The van der Waals surface area contributed by atoms with Crippen LogP contribution in [0.2, 0.25) is 0 Å². The van der Waals surface area contributed by atoms with E-state index in [1.807, 2.05) is 48.5 Å². The Morgan fingerprint density at radius 2 is 1.97 bits per heavy atom. The maximum absolute atomic E-state index is 12.7. The Kier molecular flexibility index (Phi) is 6.61. The molecule has 1 saturated heterocycles. The van der Waals surface area contributed by atoms with Crippen molar-refractivity contribution in [1.82, 2.24) is 15.0 Å². The van der Waals surface area contributed by atoms with Crippen LogP contribution in [0.5, 0.6) is 0 Å². The summed E-state index contributed by atoms with van der Waals surface area (Å²) in [5, 5.41) is 7.12. The molecule has 0 spiro atoms. The van der Waals surface area contributed by atoms with Gasteiger partial charge in [-0.3, -0.25) is 9.69 Å². The molecule has 1 amide bonds. The van der Waals surface area contributed by atoms with Crippen LogP contribution in [-0.4, -0.2) is 34.0 Å². The van der Waals surface area contributed by atoms with Gasteiger partial charge in [0.15, 0.2) is 0 Å². The number of carbonyl (C=O) groups excluding carboxylic acids is 1. The molecule has 1 aliphatic rings. The fourth-order valence-corrected chi connectivity index (χ4v) is 4.04. The minimum Gasteiger partial charge on any atom is -0.338 e. The number of aromatic nitrogens is 2. The van der Waals surface area contributed by atoms with Gasteiger partial charge in [-0.05, 0) is 90.5 Å². The lowest BCUT2D eigenvalue weighted by Gasteiger charge is -2.30. The van der Waals surface area contributed by atoms with Crippen LogP contribution in [0.3, 0.4) is 0 Å². The molecule has 1 fully saturated rings. The molecule has 4 rings (SSSR count). The number of hydrogen-bond donors (Lipinski definition) is 1. The molecule has 1 unspecified atom stereocenters. The summed E-state index contributed by atoms with van der Waals surface area (Å²) in [6, 6.07) is 15.6. The number of piperidine rings is 1. The van der Waals surface area contributed by atoms with Gasteiger partial charge in [0.1, 0.15) is 0 Å². The molecule has 29 heavy (non-hydrogen) atoms. The molecule has 2 aromatic carbocycles. The van der Waals surface area contributed by atoms with Crippen molar-refractivity contribution >= 4 is 50.1 Å². The molecule has 150 valence electrons. The van der Waals surface area contributed by atoms with E-state index in [0.29, 0.717) is 24.8 Å². The first-order chi connectivity index (χ1) is 14.1. The van der Waals surface area contributed by atoms with Crippen LogP contribution >= 0.6 is 38.5 Å². The number of nitrogens with zero attached hydrogens (tertiary/aromatic N) is 3. The third-order valence-corrected chi connectivity index (χ3v) is 6.17. The number of carbonyl (C=O) groups is 1. The monoisotopic (exact) mass is 566 g/mol. The van der Waals surface area contributed by atoms with Crippen molar-refractivity contribution in [1.29, 1.82) is 0 Å². The van der Waals surface area contributed by atoms with Gasteiger partial charge in [0, 0.05) is 25.8 Å². The van der Waals surface area contributed by atoms with Crippen LogP contribution < -0.4 is 5.32 Å². The van der Waals surface area contributed by atoms with Gasteiger partial charge in [-0.15, -0.1) is 0 Å². The van der Waals surface area contributed by atoms with Crippen LogP contribution in [0.4, 0.5) is 5.69 Å². The van der Waals surface area contributed by atoms with E-state index in [0.717, 1.165) is 38.7 Å². The summed E-state index contributed by atoms with van der Waals surface area (Å²) in [7, 11) is 0. The molecule has 1 aromatic heterocycles. The van der Waals surface area contributed by atoms with E-state index in [4.69, 9.17) is 4.52 Å². The molecule has 0 bridgehead atoms. The average molecular weight is 567 g/mol. The summed E-state index contributed by atoms with van der Waals surface area (Å²) < 4.78 is 7.59. The zero-order valence-corrected chi connectivity index (χ0v) is 19.4. The van der Waals surface area contributed by atoms with Gasteiger partial charge in [0.25, 0.3) is 0 Å². The van der Waals surface area contributed by atoms with Gasteiger partial charge in [0.2, 0.25) is 17.6 Å². The van der Waals surface area contributed by atoms with E-state index < -0.39 is 0 Å². The lowest BCUT2D eigenvalue weighted by atomic mass is 9.97. The number of likely N-dealkylation sites (tertiary alicyclic amines) is 1. The van der Waals surface area contributed by atoms with Crippen molar-refractivity contribution in [3.8, 4) is 11.4 Å². The van der Waals surface area contributed by atoms with E-state index in [2.05, 4.69) is 58.9 Å². The highest BCUT2D eigenvalue weighted by Gasteiger charge is 2.27. The van der Waals surface area contributed by atoms with E-state index in [9.17, 15) is 4.79 Å². The summed E-state index contributed by atoms with van der Waals surface area (Å²) in [4.78, 5) is 19.4. The smallest absolute Gasteiger partial charge is 0.241 e. The van der Waals surface area contributed by atoms with Crippen molar-refractivity contribution < 1.29 is 9.32 Å². The highest BCUT2D eigenvalue weighted by atomic mass is 127. The summed E-state index contributed by atoms with van der Waals surface area (Å²) >= 11 is 5.68. The van der Waals surface area contributed by atoms with Crippen LogP contribution in [0.25, 0.3) is 11.4 Å². The summed E-state index contributed by atoms with van der Waals surface area (Å²) in [5.41, 5.74) is 1.75. The highest BCUT2D eigenvalue weighted by Crippen LogP contribution is 2.22. The van der Waals surface area contributed by atoms with Crippen molar-refractivity contribution in [3.05, 3.63) is 62.5 Å². The third-order valence-electron chi connectivity index (χ3n) is 4.92. The molecule has 1 atom stereocenters. The summed E-state index contributed by atoms with van der Waals surface area (Å²) in [6.45, 7) is 2.16. The Balaban J connectivity index is 1.35. The predicted octanol–water partition coefficient (Wildman–Crippen LogP) is 4.95. The largest absolute Gasteiger partial charge is 0.338 e. The standard InChI is InChI=1S/C21H20BrIN4O2/c22-16-5-3-14(4-6-16)20-25-19(29-26-20)13-27-11-1-2-15(12-27)21(28)24-18-9-7-17(23)8-10-18/h3-10,15H,1-2,11-13H2,(H,24,28). The number of benzene rings is 2. The second-order valence-corrected chi connectivity index (χ2v) is 9.25. The lowest BCUT2D eigenvalue weighted by molar-refractivity contribution is -0.121. The predicted molar refractivity (Wildman–Crippen MR) is 123 cm³/mol. The molecule has 6 nitrogen and oxygen atoms in total. The lowest BCUT2D eigenvalue weighted by Crippen LogP contribution is -2.40. The Hall–Kier alpha value is -1.78. The molecule has 1 aliphatic heterocycles. The zero-order valence-electron chi connectivity index (χ0n) is 15.6. The van der Waals surface area contributed by atoms with Crippen LogP contribution in [0.1, 0.15) is 18.7 Å². The summed E-state index contributed by atoms with van der Waals surface area (Å²) in [6.07, 6.45) is 1.86. The Labute approximate surface area is 191 Å². The molecule has 1 N–H and O–H groups in total. The van der Waals surface area contributed by atoms with Gasteiger partial charge in [-0.25, -0.2) is 0 Å². The number of hydrogen-bond acceptors (Lipinski definition) is 5. The quantitative estimate of drug-likeness (QED) is 0.442. The summed E-state index contributed by atoms with van der Waals surface area (Å²) in [5.74, 6) is 1.17. The van der Waals surface area contributed by atoms with Gasteiger partial charge >= 0.3 is 0 Å². The Morgan fingerprint density at radius 3 is 2.72 bits per heavy atom. The number of amides is 1. The number of rotatable bonds is 5.